The third-order valence-corrected chi connectivity index (χ3v) is 4.33. The molecule has 0 saturated heterocycles. The van der Waals surface area contributed by atoms with Gasteiger partial charge in [0.25, 0.3) is 0 Å². The number of carboxylic acid groups (broad SMARTS) is 1. The first-order valence-corrected chi connectivity index (χ1v) is 8.23. The molecule has 144 valence electrons. The largest absolute Gasteiger partial charge is 0.493 e. The van der Waals surface area contributed by atoms with Crippen molar-refractivity contribution < 1.29 is 28.6 Å². The summed E-state index contributed by atoms with van der Waals surface area (Å²) in [4.78, 5) is 23.5. The van der Waals surface area contributed by atoms with Crippen molar-refractivity contribution in [3.8, 4) is 11.5 Å². The second-order valence-electron chi connectivity index (χ2n) is 6.53. The molecule has 6 nitrogen and oxygen atoms in total. The van der Waals surface area contributed by atoms with E-state index in [4.69, 9.17) is 14.6 Å². The summed E-state index contributed by atoms with van der Waals surface area (Å²) in [6.45, 7) is 3.47. The van der Waals surface area contributed by atoms with E-state index < -0.39 is 23.6 Å². The van der Waals surface area contributed by atoms with E-state index in [1.807, 2.05) is 0 Å². The number of nitrogens with one attached hydrogen (secondary N) is 1. The number of ether oxygens (including phenoxy) is 2. The molecular formula is C20H22FNO5. The lowest BCUT2D eigenvalue weighted by Crippen LogP contribution is -2.34. The van der Waals surface area contributed by atoms with Gasteiger partial charge in [-0.3, -0.25) is 9.59 Å². The summed E-state index contributed by atoms with van der Waals surface area (Å²) < 4.78 is 24.5. The van der Waals surface area contributed by atoms with Gasteiger partial charge in [0.2, 0.25) is 5.91 Å². The number of aliphatic carboxylic acids is 1. The molecule has 7 heteroatoms. The number of halogens is 1. The van der Waals surface area contributed by atoms with Crippen LogP contribution in [0.25, 0.3) is 0 Å². The zero-order valence-electron chi connectivity index (χ0n) is 15.6. The Morgan fingerprint density at radius 3 is 2.30 bits per heavy atom. The summed E-state index contributed by atoms with van der Waals surface area (Å²) in [6, 6.07) is 9.13. The van der Waals surface area contributed by atoms with Crippen molar-refractivity contribution in [2.45, 2.75) is 25.7 Å². The van der Waals surface area contributed by atoms with Crippen molar-refractivity contribution in [1.82, 2.24) is 0 Å². The highest BCUT2D eigenvalue weighted by Gasteiger charge is 2.31. The molecule has 1 amide bonds. The first-order valence-electron chi connectivity index (χ1n) is 8.23. The molecule has 0 aliphatic rings. The Labute approximate surface area is 156 Å². The molecule has 2 aromatic rings. The Morgan fingerprint density at radius 1 is 1.07 bits per heavy atom. The fourth-order valence-electron chi connectivity index (χ4n) is 2.57. The van der Waals surface area contributed by atoms with Crippen LogP contribution in [-0.4, -0.2) is 31.2 Å². The van der Waals surface area contributed by atoms with Crippen molar-refractivity contribution in [3.05, 3.63) is 53.3 Å². The van der Waals surface area contributed by atoms with E-state index in [0.29, 0.717) is 17.1 Å². The summed E-state index contributed by atoms with van der Waals surface area (Å²) >= 11 is 0. The summed E-state index contributed by atoms with van der Waals surface area (Å²) in [5, 5.41) is 11.4. The number of hydrogen-bond donors (Lipinski definition) is 2. The van der Waals surface area contributed by atoms with Gasteiger partial charge in [-0.2, -0.15) is 0 Å². The molecule has 0 heterocycles. The third-order valence-electron chi connectivity index (χ3n) is 4.33. The van der Waals surface area contributed by atoms with Gasteiger partial charge in [-0.15, -0.1) is 0 Å². The highest BCUT2D eigenvalue weighted by Crippen LogP contribution is 2.34. The second kappa shape index (κ2) is 8.07. The number of methoxy groups -OCH3 is 2. The van der Waals surface area contributed by atoms with E-state index in [-0.39, 0.29) is 17.2 Å². The first-order chi connectivity index (χ1) is 12.7. The number of benzene rings is 2. The normalized spacial score (nSPS) is 11.0. The van der Waals surface area contributed by atoms with Gasteiger partial charge in [0.15, 0.2) is 11.5 Å². The lowest BCUT2D eigenvalue weighted by molar-refractivity contribution is -0.136. The lowest BCUT2D eigenvalue weighted by atomic mass is 9.83. The molecule has 0 aromatic heterocycles. The molecule has 0 fully saturated rings. The zero-order chi connectivity index (χ0) is 20.2. The van der Waals surface area contributed by atoms with Crippen LogP contribution >= 0.6 is 0 Å². The Kier molecular flexibility index (Phi) is 6.05. The SMILES string of the molecule is COc1ccc(C(C)(C)C(=O)Nc2ccc(CC(=O)O)c(F)c2)cc1OC. The predicted octanol–water partition coefficient (Wildman–Crippen LogP) is 3.39. The number of amides is 1. The number of anilines is 1. The number of carbonyl (C=O) groups excluding carboxylic acids is 1. The van der Waals surface area contributed by atoms with Gasteiger partial charge in [0, 0.05) is 5.69 Å². The molecule has 0 spiro atoms. The molecule has 0 aliphatic carbocycles. The minimum atomic E-state index is -1.12. The summed E-state index contributed by atoms with van der Waals surface area (Å²) in [7, 11) is 3.04. The number of carbonyl (C=O) groups is 2. The minimum Gasteiger partial charge on any atom is -0.493 e. The molecule has 0 radical (unpaired) electrons. The maximum Gasteiger partial charge on any atom is 0.307 e. The molecule has 2 aromatic carbocycles. The van der Waals surface area contributed by atoms with E-state index in [2.05, 4.69) is 5.32 Å². The quantitative estimate of drug-likeness (QED) is 0.775. The van der Waals surface area contributed by atoms with Gasteiger partial charge in [-0.25, -0.2) is 4.39 Å². The average molecular weight is 375 g/mol. The molecular weight excluding hydrogens is 353 g/mol. The van der Waals surface area contributed by atoms with Crippen LogP contribution in [0.3, 0.4) is 0 Å². The van der Waals surface area contributed by atoms with Crippen molar-refractivity contribution in [1.29, 1.82) is 0 Å². The summed E-state index contributed by atoms with van der Waals surface area (Å²) in [6.07, 6.45) is -0.419. The Bertz CT molecular complexity index is 863. The van der Waals surface area contributed by atoms with Gasteiger partial charge in [0.1, 0.15) is 5.82 Å². The first kappa shape index (κ1) is 20.2. The van der Waals surface area contributed by atoms with E-state index in [1.165, 1.54) is 26.4 Å². The van der Waals surface area contributed by atoms with Crippen molar-refractivity contribution in [2.24, 2.45) is 0 Å². The number of carboxylic acids is 1. The van der Waals surface area contributed by atoms with Crippen LogP contribution in [0.1, 0.15) is 25.0 Å². The van der Waals surface area contributed by atoms with Gasteiger partial charge in [-0.05, 0) is 49.2 Å². The molecule has 2 rings (SSSR count). The Balaban J connectivity index is 2.23. The Hall–Kier alpha value is -3.09. The summed E-state index contributed by atoms with van der Waals surface area (Å²) in [5.41, 5.74) is 0.0657. The molecule has 0 bridgehead atoms. The lowest BCUT2D eigenvalue weighted by Gasteiger charge is -2.25. The molecule has 0 atom stereocenters. The highest BCUT2D eigenvalue weighted by molar-refractivity contribution is 5.98. The number of hydrogen-bond acceptors (Lipinski definition) is 4. The van der Waals surface area contributed by atoms with Crippen LogP contribution in [0.5, 0.6) is 11.5 Å². The fraction of sp³-hybridized carbons (Fsp3) is 0.300. The van der Waals surface area contributed by atoms with Crippen LogP contribution in [0, 0.1) is 5.82 Å². The van der Waals surface area contributed by atoms with E-state index in [9.17, 15) is 14.0 Å². The van der Waals surface area contributed by atoms with Gasteiger partial charge >= 0.3 is 5.97 Å². The third kappa shape index (κ3) is 4.55. The molecule has 0 aliphatic heterocycles. The molecule has 27 heavy (non-hydrogen) atoms. The Morgan fingerprint density at radius 2 is 1.74 bits per heavy atom. The van der Waals surface area contributed by atoms with Crippen LogP contribution in [-0.2, 0) is 21.4 Å². The van der Waals surface area contributed by atoms with Crippen LogP contribution in [0.15, 0.2) is 36.4 Å². The van der Waals surface area contributed by atoms with Crippen LogP contribution in [0.2, 0.25) is 0 Å². The van der Waals surface area contributed by atoms with Gasteiger partial charge in [0.05, 0.1) is 26.1 Å². The van der Waals surface area contributed by atoms with Crippen LogP contribution < -0.4 is 14.8 Å². The zero-order valence-corrected chi connectivity index (χ0v) is 15.6. The number of rotatable bonds is 7. The maximum atomic E-state index is 14.0. The van der Waals surface area contributed by atoms with Gasteiger partial charge in [-0.1, -0.05) is 12.1 Å². The second-order valence-corrected chi connectivity index (χ2v) is 6.53. The van der Waals surface area contributed by atoms with E-state index in [1.54, 1.807) is 32.0 Å². The topological polar surface area (TPSA) is 84.9 Å². The molecule has 0 unspecified atom stereocenters. The smallest absolute Gasteiger partial charge is 0.307 e. The standard InChI is InChI=1S/C20H22FNO5/c1-20(2,13-6-8-16(26-3)17(10-13)27-4)19(25)22-14-7-5-12(9-18(23)24)15(21)11-14/h5-8,10-11H,9H2,1-4H3,(H,22,25)(H,23,24). The maximum absolute atomic E-state index is 14.0. The minimum absolute atomic E-state index is 0.0552. The highest BCUT2D eigenvalue weighted by atomic mass is 19.1. The van der Waals surface area contributed by atoms with Crippen LogP contribution in [0.4, 0.5) is 10.1 Å². The molecule has 2 N–H and O–H groups in total. The van der Waals surface area contributed by atoms with Crippen molar-refractivity contribution in [2.75, 3.05) is 19.5 Å². The van der Waals surface area contributed by atoms with Crippen molar-refractivity contribution in [3.63, 3.8) is 0 Å². The fourth-order valence-corrected chi connectivity index (χ4v) is 2.57. The average Bonchev–Trinajstić information content (AvgIpc) is 2.62. The van der Waals surface area contributed by atoms with E-state index in [0.717, 1.165) is 6.07 Å². The monoisotopic (exact) mass is 375 g/mol. The molecule has 0 saturated carbocycles. The van der Waals surface area contributed by atoms with Gasteiger partial charge < -0.3 is 19.9 Å². The van der Waals surface area contributed by atoms with Crippen molar-refractivity contribution >= 4 is 17.6 Å². The summed E-state index contributed by atoms with van der Waals surface area (Å²) in [5.74, 6) is -1.10. The van der Waals surface area contributed by atoms with E-state index >= 15 is 0 Å². The predicted molar refractivity (Wildman–Crippen MR) is 98.9 cm³/mol.